The molecule has 20 heavy (non-hydrogen) atoms. The van der Waals surface area contributed by atoms with Gasteiger partial charge in [0.1, 0.15) is 5.76 Å². The van der Waals surface area contributed by atoms with Gasteiger partial charge in [0.15, 0.2) is 0 Å². The van der Waals surface area contributed by atoms with Gasteiger partial charge in [0.2, 0.25) is 0 Å². The predicted octanol–water partition coefficient (Wildman–Crippen LogP) is 3.28. The Hall–Kier alpha value is -1.68. The zero-order valence-electron chi connectivity index (χ0n) is 12.2. The molecule has 0 aromatic carbocycles. The average Bonchev–Trinajstić information content (AvgIpc) is 3.06. The van der Waals surface area contributed by atoms with Gasteiger partial charge in [-0.25, -0.2) is 0 Å². The minimum Gasteiger partial charge on any atom is -0.361 e. The van der Waals surface area contributed by atoms with Gasteiger partial charge in [-0.3, -0.25) is 9.88 Å². The Morgan fingerprint density at radius 3 is 3.10 bits per heavy atom. The van der Waals surface area contributed by atoms with E-state index in [9.17, 15) is 0 Å². The lowest BCUT2D eigenvalue weighted by Crippen LogP contribution is -2.23. The molecule has 0 N–H and O–H groups in total. The van der Waals surface area contributed by atoms with Gasteiger partial charge in [-0.05, 0) is 37.9 Å². The fourth-order valence-corrected chi connectivity index (χ4v) is 3.17. The summed E-state index contributed by atoms with van der Waals surface area (Å²) in [6.07, 6.45) is 7.11. The maximum Gasteiger partial charge on any atom is 0.141 e. The molecule has 3 rings (SSSR count). The van der Waals surface area contributed by atoms with E-state index >= 15 is 0 Å². The molecule has 4 heteroatoms. The molecule has 0 aliphatic carbocycles. The summed E-state index contributed by atoms with van der Waals surface area (Å²) in [5.74, 6) is 1.05. The number of likely N-dealkylation sites (tertiary alicyclic amines) is 1. The highest BCUT2D eigenvalue weighted by Gasteiger charge is 2.31. The Morgan fingerprint density at radius 1 is 1.45 bits per heavy atom. The first-order valence-electron chi connectivity index (χ1n) is 7.37. The molecule has 0 spiro atoms. The highest BCUT2D eigenvalue weighted by Crippen LogP contribution is 2.36. The van der Waals surface area contributed by atoms with E-state index in [-0.39, 0.29) is 0 Å². The third-order valence-electron chi connectivity index (χ3n) is 4.11. The number of aromatic nitrogens is 2. The van der Waals surface area contributed by atoms with Crippen molar-refractivity contribution in [3.05, 3.63) is 47.1 Å². The topological polar surface area (TPSA) is 42.2 Å². The van der Waals surface area contributed by atoms with Crippen LogP contribution >= 0.6 is 0 Å². The number of rotatable bonds is 4. The van der Waals surface area contributed by atoms with Crippen molar-refractivity contribution in [3.8, 4) is 0 Å². The summed E-state index contributed by atoms with van der Waals surface area (Å²) in [4.78, 5) is 6.73. The molecule has 4 nitrogen and oxygen atoms in total. The van der Waals surface area contributed by atoms with Crippen molar-refractivity contribution in [2.45, 2.75) is 45.7 Å². The molecular weight excluding hydrogens is 250 g/mol. The number of nitrogens with zero attached hydrogens (tertiary/aromatic N) is 3. The first-order valence-corrected chi connectivity index (χ1v) is 7.37. The van der Waals surface area contributed by atoms with E-state index in [0.717, 1.165) is 31.0 Å². The summed E-state index contributed by atoms with van der Waals surface area (Å²) in [5, 5.41) is 4.16. The number of hydrogen-bond donors (Lipinski definition) is 0. The maximum absolute atomic E-state index is 5.47. The van der Waals surface area contributed by atoms with Crippen molar-refractivity contribution in [1.29, 1.82) is 0 Å². The highest BCUT2D eigenvalue weighted by molar-refractivity contribution is 5.27. The second kappa shape index (κ2) is 5.75. The minimum absolute atomic E-state index is 0.441. The monoisotopic (exact) mass is 271 g/mol. The lowest BCUT2D eigenvalue weighted by atomic mass is 10.0. The van der Waals surface area contributed by atoms with Crippen molar-refractivity contribution < 1.29 is 4.52 Å². The number of aryl methyl sites for hydroxylation is 2. The third kappa shape index (κ3) is 2.48. The summed E-state index contributed by atoms with van der Waals surface area (Å²) in [7, 11) is 0. The Balaban J connectivity index is 1.83. The molecule has 0 unspecified atom stereocenters. The van der Waals surface area contributed by atoms with E-state index in [2.05, 4.69) is 35.0 Å². The van der Waals surface area contributed by atoms with Gasteiger partial charge in [-0.15, -0.1) is 0 Å². The number of hydrogen-bond acceptors (Lipinski definition) is 4. The molecule has 0 saturated carbocycles. The summed E-state index contributed by atoms with van der Waals surface area (Å²) in [5.41, 5.74) is 3.63. The first-order chi connectivity index (χ1) is 9.79. The van der Waals surface area contributed by atoms with Crippen LogP contribution in [0.5, 0.6) is 0 Å². The summed E-state index contributed by atoms with van der Waals surface area (Å²) in [6, 6.07) is 4.59. The zero-order chi connectivity index (χ0) is 13.9. The largest absolute Gasteiger partial charge is 0.361 e. The molecule has 106 valence electrons. The van der Waals surface area contributed by atoms with Crippen LogP contribution < -0.4 is 0 Å². The van der Waals surface area contributed by atoms with E-state index in [1.54, 1.807) is 0 Å². The van der Waals surface area contributed by atoms with Crippen LogP contribution in [0.25, 0.3) is 0 Å². The zero-order valence-corrected chi connectivity index (χ0v) is 12.2. The molecule has 0 bridgehead atoms. The van der Waals surface area contributed by atoms with Crippen LogP contribution in [-0.4, -0.2) is 21.6 Å². The minimum atomic E-state index is 0.441. The average molecular weight is 271 g/mol. The maximum atomic E-state index is 5.47. The molecule has 2 aromatic rings. The van der Waals surface area contributed by atoms with Gasteiger partial charge in [-0.1, -0.05) is 18.1 Å². The molecule has 2 aromatic heterocycles. The Kier molecular flexibility index (Phi) is 3.83. The van der Waals surface area contributed by atoms with Crippen LogP contribution in [0.1, 0.15) is 48.4 Å². The highest BCUT2D eigenvalue weighted by atomic mass is 16.5. The quantitative estimate of drug-likeness (QED) is 0.856. The van der Waals surface area contributed by atoms with Crippen LogP contribution in [0.2, 0.25) is 0 Å². The lowest BCUT2D eigenvalue weighted by molar-refractivity contribution is 0.244. The second-order valence-corrected chi connectivity index (χ2v) is 5.45. The van der Waals surface area contributed by atoms with Gasteiger partial charge in [0.05, 0.1) is 5.69 Å². The van der Waals surface area contributed by atoms with E-state index in [1.807, 2.05) is 18.5 Å². The first kappa shape index (κ1) is 13.3. The van der Waals surface area contributed by atoms with Crippen LogP contribution in [-0.2, 0) is 13.0 Å². The van der Waals surface area contributed by atoms with Crippen molar-refractivity contribution in [3.63, 3.8) is 0 Å². The molecule has 0 radical (unpaired) electrons. The standard InChI is InChI=1S/C16H21N3O/c1-3-15-16(12(2)18-20-15)14-7-5-9-19(14)11-13-6-4-8-17-10-13/h4,6,8,10,14H,3,5,7,9,11H2,1-2H3/t14-/m1/s1. The van der Waals surface area contributed by atoms with Gasteiger partial charge in [0, 0.05) is 37.0 Å². The Bertz CT molecular complexity index is 564. The van der Waals surface area contributed by atoms with Crippen LogP contribution in [0, 0.1) is 6.92 Å². The third-order valence-corrected chi connectivity index (χ3v) is 4.11. The second-order valence-electron chi connectivity index (χ2n) is 5.45. The molecule has 1 fully saturated rings. The fourth-order valence-electron chi connectivity index (χ4n) is 3.17. The Labute approximate surface area is 119 Å². The molecule has 1 aliphatic rings. The van der Waals surface area contributed by atoms with E-state index in [1.165, 1.54) is 24.0 Å². The van der Waals surface area contributed by atoms with E-state index in [0.29, 0.717) is 6.04 Å². The molecule has 1 aliphatic heterocycles. The number of pyridine rings is 1. The molecule has 1 saturated heterocycles. The summed E-state index contributed by atoms with van der Waals surface area (Å²) in [6.45, 7) is 6.27. The van der Waals surface area contributed by atoms with Gasteiger partial charge in [0.25, 0.3) is 0 Å². The van der Waals surface area contributed by atoms with Gasteiger partial charge in [-0.2, -0.15) is 0 Å². The van der Waals surface area contributed by atoms with Gasteiger partial charge < -0.3 is 4.52 Å². The summed E-state index contributed by atoms with van der Waals surface area (Å²) >= 11 is 0. The normalized spacial score (nSPS) is 19.6. The predicted molar refractivity (Wildman–Crippen MR) is 77.2 cm³/mol. The lowest BCUT2D eigenvalue weighted by Gasteiger charge is -2.24. The van der Waals surface area contributed by atoms with Crippen LogP contribution in [0.3, 0.4) is 0 Å². The van der Waals surface area contributed by atoms with E-state index < -0.39 is 0 Å². The van der Waals surface area contributed by atoms with Crippen LogP contribution in [0.4, 0.5) is 0 Å². The SMILES string of the molecule is CCc1onc(C)c1[C@H]1CCCN1Cc1cccnc1. The summed E-state index contributed by atoms with van der Waals surface area (Å²) < 4.78 is 5.47. The smallest absolute Gasteiger partial charge is 0.141 e. The van der Waals surface area contributed by atoms with Crippen molar-refractivity contribution in [2.24, 2.45) is 0 Å². The van der Waals surface area contributed by atoms with Crippen molar-refractivity contribution >= 4 is 0 Å². The van der Waals surface area contributed by atoms with E-state index in [4.69, 9.17) is 4.52 Å². The fraction of sp³-hybridized carbons (Fsp3) is 0.500. The molecule has 3 heterocycles. The van der Waals surface area contributed by atoms with Crippen molar-refractivity contribution in [2.75, 3.05) is 6.54 Å². The van der Waals surface area contributed by atoms with Gasteiger partial charge >= 0.3 is 0 Å². The van der Waals surface area contributed by atoms with Crippen LogP contribution in [0.15, 0.2) is 29.0 Å². The molecule has 0 amide bonds. The molecule has 1 atom stereocenters. The van der Waals surface area contributed by atoms with Crippen molar-refractivity contribution in [1.82, 2.24) is 15.0 Å². The molecular formula is C16H21N3O. The Morgan fingerprint density at radius 2 is 2.35 bits per heavy atom.